The molecule has 0 aromatic heterocycles. The summed E-state index contributed by atoms with van der Waals surface area (Å²) >= 11 is 0. The molecule has 2 rings (SSSR count). The Labute approximate surface area is 125 Å². The molecule has 0 radical (unpaired) electrons. The first-order valence-electron chi connectivity index (χ1n) is 7.56. The summed E-state index contributed by atoms with van der Waals surface area (Å²) in [5.41, 5.74) is 3.09. The van der Waals surface area contributed by atoms with E-state index in [9.17, 15) is 9.18 Å². The maximum Gasteiger partial charge on any atom is 0.241 e. The van der Waals surface area contributed by atoms with E-state index < -0.39 is 11.9 Å². The molecule has 0 aromatic carbocycles. The van der Waals surface area contributed by atoms with Gasteiger partial charge in [0.1, 0.15) is 17.6 Å². The fraction of sp³-hybridized carbons (Fsp3) is 0.562. The van der Waals surface area contributed by atoms with E-state index in [0.717, 1.165) is 31.8 Å². The number of carbonyl (C=O) groups excluding carboxylic acids is 1. The van der Waals surface area contributed by atoms with Crippen LogP contribution in [-0.4, -0.2) is 18.0 Å². The second-order valence-corrected chi connectivity index (χ2v) is 5.50. The fourth-order valence-corrected chi connectivity index (χ4v) is 2.81. The second kappa shape index (κ2) is 7.41. The Morgan fingerprint density at radius 1 is 1.43 bits per heavy atom. The molecular formula is C16H23FN2O2. The molecule has 5 heteroatoms. The molecule has 4 nitrogen and oxygen atoms in total. The number of carbonyl (C=O) groups is 1. The van der Waals surface area contributed by atoms with Gasteiger partial charge in [-0.2, -0.15) is 0 Å². The van der Waals surface area contributed by atoms with Gasteiger partial charge in [-0.05, 0) is 31.9 Å². The summed E-state index contributed by atoms with van der Waals surface area (Å²) in [5, 5.41) is 3.03. The minimum Gasteiger partial charge on any atom is -0.408 e. The minimum atomic E-state index is -0.573. The Hall–Kier alpha value is -1.62. The second-order valence-electron chi connectivity index (χ2n) is 5.50. The molecule has 1 aliphatic heterocycles. The van der Waals surface area contributed by atoms with Gasteiger partial charge >= 0.3 is 0 Å². The molecule has 1 saturated heterocycles. The lowest BCUT2D eigenvalue weighted by Gasteiger charge is -2.29. The Bertz CT molecular complexity index is 465. The van der Waals surface area contributed by atoms with Crippen LogP contribution >= 0.6 is 0 Å². The van der Waals surface area contributed by atoms with Gasteiger partial charge in [0.05, 0.1) is 0 Å². The van der Waals surface area contributed by atoms with E-state index in [1.165, 1.54) is 6.42 Å². The van der Waals surface area contributed by atoms with Crippen molar-refractivity contribution in [1.82, 2.24) is 10.8 Å². The van der Waals surface area contributed by atoms with E-state index in [4.69, 9.17) is 4.84 Å². The maximum absolute atomic E-state index is 13.8. The molecule has 0 bridgehead atoms. The number of hydrogen-bond donors (Lipinski definition) is 2. The Balaban J connectivity index is 2.00. The molecule has 2 fully saturated rings. The van der Waals surface area contributed by atoms with Gasteiger partial charge in [0, 0.05) is 18.0 Å². The lowest BCUT2D eigenvalue weighted by atomic mass is 9.94. The van der Waals surface area contributed by atoms with Crippen molar-refractivity contribution in [3.8, 4) is 0 Å². The predicted molar refractivity (Wildman–Crippen MR) is 79.7 cm³/mol. The summed E-state index contributed by atoms with van der Waals surface area (Å²) in [6, 6.07) is -0.343. The standard InChI is InChI=1S/C16H23FN2O2/c1-3-13(17)12-10-14(19-21-15(12)4-2)16(20)18-11-8-6-5-7-9-11/h3-4,11,14,19H,1,5-10H2,2H3,(H,18,20)/b13-12+,15-4-. The third kappa shape index (κ3) is 3.94. The Kier molecular flexibility index (Phi) is 5.56. The van der Waals surface area contributed by atoms with Crippen LogP contribution in [0.3, 0.4) is 0 Å². The number of halogens is 1. The van der Waals surface area contributed by atoms with E-state index in [2.05, 4.69) is 17.4 Å². The third-order valence-corrected chi connectivity index (χ3v) is 4.01. The SMILES string of the molecule is C=C/C(F)=C1/CC(C(=O)NC2CCCCC2)NO/C1=C\C. The summed E-state index contributed by atoms with van der Waals surface area (Å²) < 4.78 is 13.8. The van der Waals surface area contributed by atoms with Crippen LogP contribution in [0.4, 0.5) is 4.39 Å². The van der Waals surface area contributed by atoms with Crippen LogP contribution in [0.5, 0.6) is 0 Å². The zero-order chi connectivity index (χ0) is 15.2. The fourth-order valence-electron chi connectivity index (χ4n) is 2.81. The largest absolute Gasteiger partial charge is 0.408 e. The summed E-state index contributed by atoms with van der Waals surface area (Å²) in [6.45, 7) is 5.19. The van der Waals surface area contributed by atoms with Crippen LogP contribution in [0.2, 0.25) is 0 Å². The molecule has 21 heavy (non-hydrogen) atoms. The van der Waals surface area contributed by atoms with Gasteiger partial charge in [-0.15, -0.1) is 5.48 Å². The lowest BCUT2D eigenvalue weighted by Crippen LogP contribution is -2.50. The zero-order valence-corrected chi connectivity index (χ0v) is 12.5. The van der Waals surface area contributed by atoms with Gasteiger partial charge in [-0.1, -0.05) is 25.8 Å². The lowest BCUT2D eigenvalue weighted by molar-refractivity contribution is -0.128. The van der Waals surface area contributed by atoms with Crippen LogP contribution in [-0.2, 0) is 9.63 Å². The number of rotatable bonds is 3. The van der Waals surface area contributed by atoms with Crippen molar-refractivity contribution in [2.75, 3.05) is 0 Å². The van der Waals surface area contributed by atoms with Crippen LogP contribution in [0.15, 0.2) is 35.9 Å². The molecule has 2 aliphatic rings. The summed E-state index contributed by atoms with van der Waals surface area (Å²) in [7, 11) is 0. The van der Waals surface area contributed by atoms with E-state index in [0.29, 0.717) is 11.3 Å². The molecule has 0 spiro atoms. The van der Waals surface area contributed by atoms with Crippen LogP contribution in [0.25, 0.3) is 0 Å². The number of nitrogens with one attached hydrogen (secondary N) is 2. The summed E-state index contributed by atoms with van der Waals surface area (Å²) in [5.74, 6) is -0.166. The van der Waals surface area contributed by atoms with Gasteiger partial charge in [-0.25, -0.2) is 4.39 Å². The first kappa shape index (κ1) is 15.8. The summed E-state index contributed by atoms with van der Waals surface area (Å²) in [4.78, 5) is 17.6. The highest BCUT2D eigenvalue weighted by molar-refractivity contribution is 5.82. The quantitative estimate of drug-likeness (QED) is 0.841. The van der Waals surface area contributed by atoms with Crippen molar-refractivity contribution < 1.29 is 14.0 Å². The normalized spacial score (nSPS) is 27.9. The third-order valence-electron chi connectivity index (χ3n) is 4.01. The highest BCUT2D eigenvalue weighted by Gasteiger charge is 2.30. The molecule has 1 aliphatic carbocycles. The van der Waals surface area contributed by atoms with Crippen molar-refractivity contribution in [2.24, 2.45) is 0 Å². The monoisotopic (exact) mass is 294 g/mol. The molecule has 116 valence electrons. The van der Waals surface area contributed by atoms with Gasteiger partial charge in [0.2, 0.25) is 5.91 Å². The molecular weight excluding hydrogens is 271 g/mol. The number of hydroxylamine groups is 1. The van der Waals surface area contributed by atoms with Gasteiger partial charge in [0.25, 0.3) is 0 Å². The molecule has 1 unspecified atom stereocenters. The topological polar surface area (TPSA) is 50.4 Å². The van der Waals surface area contributed by atoms with Crippen LogP contribution < -0.4 is 10.8 Å². The van der Waals surface area contributed by atoms with Crippen LogP contribution in [0, 0.1) is 0 Å². The average Bonchev–Trinajstić information content (AvgIpc) is 2.54. The van der Waals surface area contributed by atoms with Crippen molar-refractivity contribution in [2.45, 2.75) is 57.5 Å². The molecule has 2 N–H and O–H groups in total. The highest BCUT2D eigenvalue weighted by Crippen LogP contribution is 2.27. The number of hydrogen-bond acceptors (Lipinski definition) is 3. The van der Waals surface area contributed by atoms with Crippen LogP contribution in [0.1, 0.15) is 45.4 Å². The predicted octanol–water partition coefficient (Wildman–Crippen LogP) is 3.04. The van der Waals surface area contributed by atoms with E-state index in [1.54, 1.807) is 13.0 Å². The van der Waals surface area contributed by atoms with Crippen molar-refractivity contribution in [3.63, 3.8) is 0 Å². The smallest absolute Gasteiger partial charge is 0.241 e. The first-order chi connectivity index (χ1) is 10.2. The molecule has 1 saturated carbocycles. The van der Waals surface area contributed by atoms with E-state index in [1.807, 2.05) is 0 Å². The highest BCUT2D eigenvalue weighted by atomic mass is 19.1. The van der Waals surface area contributed by atoms with Gasteiger partial charge in [-0.3, -0.25) is 4.79 Å². The van der Waals surface area contributed by atoms with Crippen molar-refractivity contribution in [1.29, 1.82) is 0 Å². The maximum atomic E-state index is 13.8. The molecule has 1 atom stereocenters. The van der Waals surface area contributed by atoms with Gasteiger partial charge < -0.3 is 10.2 Å². The number of amides is 1. The van der Waals surface area contributed by atoms with Gasteiger partial charge in [0.15, 0.2) is 0 Å². The van der Waals surface area contributed by atoms with Crippen molar-refractivity contribution >= 4 is 5.91 Å². The molecule has 1 heterocycles. The molecule has 1 amide bonds. The first-order valence-corrected chi connectivity index (χ1v) is 7.56. The number of allylic oxidation sites excluding steroid dienone is 4. The Morgan fingerprint density at radius 2 is 2.14 bits per heavy atom. The zero-order valence-electron chi connectivity index (χ0n) is 12.5. The minimum absolute atomic E-state index is 0.133. The molecule has 0 aromatic rings. The van der Waals surface area contributed by atoms with E-state index >= 15 is 0 Å². The van der Waals surface area contributed by atoms with E-state index in [-0.39, 0.29) is 18.4 Å². The van der Waals surface area contributed by atoms with Crippen molar-refractivity contribution in [3.05, 3.63) is 35.9 Å². The average molecular weight is 294 g/mol. The summed E-state index contributed by atoms with van der Waals surface area (Å²) in [6.07, 6.45) is 8.64. The Morgan fingerprint density at radius 3 is 2.76 bits per heavy atom.